The lowest BCUT2D eigenvalue weighted by molar-refractivity contribution is 0.176. The molecule has 12 heavy (non-hydrogen) atoms. The monoisotopic (exact) mass is 171 g/mol. The topological polar surface area (TPSA) is 12.0 Å². The molecule has 0 aromatic carbocycles. The second-order valence-corrected chi connectivity index (χ2v) is 4.24. The Morgan fingerprint density at radius 3 is 2.33 bits per heavy atom. The van der Waals surface area contributed by atoms with E-state index in [9.17, 15) is 4.39 Å². The summed E-state index contributed by atoms with van der Waals surface area (Å²) < 4.78 is 13.3. The van der Waals surface area contributed by atoms with E-state index < -0.39 is 6.17 Å². The van der Waals surface area contributed by atoms with E-state index in [-0.39, 0.29) is 0 Å². The first-order valence-electron chi connectivity index (χ1n) is 5.22. The van der Waals surface area contributed by atoms with Crippen molar-refractivity contribution < 1.29 is 4.39 Å². The molecule has 0 aromatic rings. The van der Waals surface area contributed by atoms with Crippen LogP contribution >= 0.6 is 0 Å². The fourth-order valence-electron chi connectivity index (χ4n) is 2.69. The molecule has 2 heteroatoms. The smallest absolute Gasteiger partial charge is 0.117 e. The van der Waals surface area contributed by atoms with Crippen LogP contribution < -0.4 is 5.32 Å². The van der Waals surface area contributed by atoms with Gasteiger partial charge in [-0.05, 0) is 5.92 Å². The van der Waals surface area contributed by atoms with Gasteiger partial charge in [-0.3, -0.25) is 0 Å². The number of hydrogen-bond acceptors (Lipinski definition) is 1. The van der Waals surface area contributed by atoms with Crippen molar-refractivity contribution in [2.45, 2.75) is 38.3 Å². The minimum Gasteiger partial charge on any atom is -0.313 e. The van der Waals surface area contributed by atoms with Gasteiger partial charge in [0.25, 0.3) is 0 Å². The molecule has 2 unspecified atom stereocenters. The maximum absolute atomic E-state index is 13.3. The van der Waals surface area contributed by atoms with E-state index in [4.69, 9.17) is 0 Å². The first kappa shape index (κ1) is 8.49. The Kier molecular flexibility index (Phi) is 2.64. The SMILES string of the molecule is FC1CNCC1C1CCCCC1. The third-order valence-corrected chi connectivity index (χ3v) is 3.44. The summed E-state index contributed by atoms with van der Waals surface area (Å²) in [6.45, 7) is 1.52. The minimum absolute atomic E-state index is 0.338. The summed E-state index contributed by atoms with van der Waals surface area (Å²) in [6, 6.07) is 0. The number of halogens is 1. The Bertz CT molecular complexity index is 143. The molecule has 2 fully saturated rings. The van der Waals surface area contributed by atoms with Crippen LogP contribution in [0, 0.1) is 11.8 Å². The van der Waals surface area contributed by atoms with Crippen molar-refractivity contribution in [3.63, 3.8) is 0 Å². The summed E-state index contributed by atoms with van der Waals surface area (Å²) in [4.78, 5) is 0. The molecule has 0 amide bonds. The van der Waals surface area contributed by atoms with Gasteiger partial charge in [0.2, 0.25) is 0 Å². The fraction of sp³-hybridized carbons (Fsp3) is 1.00. The second kappa shape index (κ2) is 3.73. The van der Waals surface area contributed by atoms with Crippen molar-refractivity contribution in [1.29, 1.82) is 0 Å². The lowest BCUT2D eigenvalue weighted by Crippen LogP contribution is -2.25. The van der Waals surface area contributed by atoms with Crippen molar-refractivity contribution in [2.75, 3.05) is 13.1 Å². The summed E-state index contributed by atoms with van der Waals surface area (Å²) >= 11 is 0. The Hall–Kier alpha value is -0.110. The van der Waals surface area contributed by atoms with Crippen LogP contribution in [0.5, 0.6) is 0 Å². The summed E-state index contributed by atoms with van der Waals surface area (Å²) in [5, 5.41) is 3.14. The Morgan fingerprint density at radius 1 is 1.00 bits per heavy atom. The summed E-state index contributed by atoms with van der Waals surface area (Å²) in [5.41, 5.74) is 0. The van der Waals surface area contributed by atoms with Gasteiger partial charge in [-0.2, -0.15) is 0 Å². The maximum Gasteiger partial charge on any atom is 0.117 e. The van der Waals surface area contributed by atoms with Crippen LogP contribution in [0.15, 0.2) is 0 Å². The van der Waals surface area contributed by atoms with Gasteiger partial charge in [0.05, 0.1) is 0 Å². The van der Waals surface area contributed by atoms with E-state index in [0.29, 0.717) is 18.4 Å². The predicted molar refractivity (Wildman–Crippen MR) is 47.8 cm³/mol. The van der Waals surface area contributed by atoms with E-state index in [1.807, 2.05) is 0 Å². The van der Waals surface area contributed by atoms with Gasteiger partial charge >= 0.3 is 0 Å². The summed E-state index contributed by atoms with van der Waals surface area (Å²) in [6.07, 6.45) is 6.00. The normalized spacial score (nSPS) is 38.8. The van der Waals surface area contributed by atoms with Crippen LogP contribution in [0.3, 0.4) is 0 Å². The first-order valence-corrected chi connectivity index (χ1v) is 5.22. The molecule has 0 aromatic heterocycles. The van der Waals surface area contributed by atoms with Crippen LogP contribution in [-0.4, -0.2) is 19.3 Å². The van der Waals surface area contributed by atoms with Crippen molar-refractivity contribution in [1.82, 2.24) is 5.32 Å². The third-order valence-electron chi connectivity index (χ3n) is 3.44. The van der Waals surface area contributed by atoms with Crippen LogP contribution in [0.25, 0.3) is 0 Å². The zero-order chi connectivity index (χ0) is 8.39. The van der Waals surface area contributed by atoms with Gasteiger partial charge < -0.3 is 5.32 Å². The lowest BCUT2D eigenvalue weighted by atomic mass is 9.79. The number of hydrogen-bond donors (Lipinski definition) is 1. The van der Waals surface area contributed by atoms with Gasteiger partial charge in [-0.15, -0.1) is 0 Å². The average molecular weight is 171 g/mol. The molecule has 1 saturated carbocycles. The van der Waals surface area contributed by atoms with Gasteiger partial charge in [0, 0.05) is 19.0 Å². The van der Waals surface area contributed by atoms with E-state index in [1.165, 1.54) is 32.1 Å². The molecule has 0 bridgehead atoms. The van der Waals surface area contributed by atoms with Crippen LogP contribution in [0.1, 0.15) is 32.1 Å². The van der Waals surface area contributed by atoms with E-state index in [1.54, 1.807) is 0 Å². The first-order chi connectivity index (χ1) is 5.88. The lowest BCUT2D eigenvalue weighted by Gasteiger charge is -2.27. The standard InChI is InChI=1S/C10H18FN/c11-10-7-12-6-9(10)8-4-2-1-3-5-8/h8-10,12H,1-7H2. The van der Waals surface area contributed by atoms with Crippen molar-refractivity contribution in [3.05, 3.63) is 0 Å². The fourth-order valence-corrected chi connectivity index (χ4v) is 2.69. The summed E-state index contributed by atoms with van der Waals surface area (Å²) in [5.74, 6) is 1.02. The van der Waals surface area contributed by atoms with Crippen LogP contribution in [0.2, 0.25) is 0 Å². The number of nitrogens with one attached hydrogen (secondary N) is 1. The van der Waals surface area contributed by atoms with Crippen molar-refractivity contribution >= 4 is 0 Å². The predicted octanol–water partition coefficient (Wildman–Crippen LogP) is 2.12. The quantitative estimate of drug-likeness (QED) is 0.637. The molecule has 1 heterocycles. The molecule has 2 aliphatic rings. The Labute approximate surface area is 73.7 Å². The minimum atomic E-state index is -0.562. The molecule has 0 radical (unpaired) electrons. The Balaban J connectivity index is 1.89. The molecular formula is C10H18FN. The molecule has 70 valence electrons. The molecule has 1 N–H and O–H groups in total. The zero-order valence-corrected chi connectivity index (χ0v) is 7.56. The summed E-state index contributed by atoms with van der Waals surface area (Å²) in [7, 11) is 0. The largest absolute Gasteiger partial charge is 0.313 e. The highest BCUT2D eigenvalue weighted by Gasteiger charge is 2.33. The molecule has 2 rings (SSSR count). The van der Waals surface area contributed by atoms with Crippen molar-refractivity contribution in [3.8, 4) is 0 Å². The molecule has 0 spiro atoms. The highest BCUT2D eigenvalue weighted by Crippen LogP contribution is 2.33. The average Bonchev–Trinajstić information content (AvgIpc) is 2.53. The van der Waals surface area contributed by atoms with Crippen LogP contribution in [-0.2, 0) is 0 Å². The second-order valence-electron chi connectivity index (χ2n) is 4.24. The van der Waals surface area contributed by atoms with E-state index >= 15 is 0 Å². The third kappa shape index (κ3) is 1.63. The zero-order valence-electron chi connectivity index (χ0n) is 7.56. The van der Waals surface area contributed by atoms with Gasteiger partial charge in [-0.1, -0.05) is 32.1 Å². The van der Waals surface area contributed by atoms with Gasteiger partial charge in [-0.25, -0.2) is 4.39 Å². The van der Waals surface area contributed by atoms with E-state index in [0.717, 1.165) is 6.54 Å². The van der Waals surface area contributed by atoms with Crippen LogP contribution in [0.4, 0.5) is 4.39 Å². The molecule has 1 aliphatic carbocycles. The molecule has 1 nitrogen and oxygen atoms in total. The Morgan fingerprint density at radius 2 is 1.75 bits per heavy atom. The van der Waals surface area contributed by atoms with Crippen molar-refractivity contribution in [2.24, 2.45) is 11.8 Å². The molecule has 1 aliphatic heterocycles. The maximum atomic E-state index is 13.3. The highest BCUT2D eigenvalue weighted by atomic mass is 19.1. The molecular weight excluding hydrogens is 153 g/mol. The highest BCUT2D eigenvalue weighted by molar-refractivity contribution is 4.87. The van der Waals surface area contributed by atoms with Gasteiger partial charge in [0.15, 0.2) is 0 Å². The molecule has 1 saturated heterocycles. The van der Waals surface area contributed by atoms with E-state index in [2.05, 4.69) is 5.32 Å². The molecule has 2 atom stereocenters. The van der Waals surface area contributed by atoms with Gasteiger partial charge in [0.1, 0.15) is 6.17 Å². The number of rotatable bonds is 1. The number of alkyl halides is 1.